The van der Waals surface area contributed by atoms with Gasteiger partial charge in [-0.15, -0.1) is 0 Å². The number of anilines is 1. The van der Waals surface area contributed by atoms with Crippen molar-refractivity contribution < 1.29 is 19.4 Å². The Kier molecular flexibility index (Phi) is 5.51. The van der Waals surface area contributed by atoms with Crippen molar-refractivity contribution in [2.75, 3.05) is 19.0 Å². The number of hydrogen-bond donors (Lipinski definition) is 2. The molecule has 0 aliphatic rings. The fourth-order valence-electron chi connectivity index (χ4n) is 1.67. The molecule has 2 N–H and O–H groups in total. The summed E-state index contributed by atoms with van der Waals surface area (Å²) in [4.78, 5) is 23.3. The summed E-state index contributed by atoms with van der Waals surface area (Å²) in [6.45, 7) is 3.52. The topological polar surface area (TPSA) is 75.6 Å². The largest absolute Gasteiger partial charge is 0.465 e. The Morgan fingerprint density at radius 3 is 2.58 bits per heavy atom. The first kappa shape index (κ1) is 15.2. The zero-order valence-electron chi connectivity index (χ0n) is 11.3. The molecule has 5 heteroatoms. The van der Waals surface area contributed by atoms with Crippen molar-refractivity contribution in [1.82, 2.24) is 0 Å². The number of hydrogen-bond acceptors (Lipinski definition) is 4. The summed E-state index contributed by atoms with van der Waals surface area (Å²) in [6.07, 6.45) is 0. The Labute approximate surface area is 112 Å². The number of amides is 1. The summed E-state index contributed by atoms with van der Waals surface area (Å²) in [5, 5.41) is 11.9. The van der Waals surface area contributed by atoms with Gasteiger partial charge in [0, 0.05) is 5.69 Å². The molecule has 0 fully saturated rings. The number of carbonyl (C=O) groups excluding carboxylic acids is 2. The molecule has 1 aromatic rings. The Balaban J connectivity index is 2.82. The monoisotopic (exact) mass is 265 g/mol. The van der Waals surface area contributed by atoms with E-state index < -0.39 is 11.9 Å². The third-order valence-electron chi connectivity index (χ3n) is 2.89. The van der Waals surface area contributed by atoms with E-state index in [0.717, 1.165) is 0 Å². The molecule has 0 bridgehead atoms. The number of methoxy groups -OCH3 is 1. The highest BCUT2D eigenvalue weighted by Crippen LogP contribution is 2.16. The quantitative estimate of drug-likeness (QED) is 0.794. The van der Waals surface area contributed by atoms with E-state index in [1.807, 2.05) is 13.8 Å². The summed E-state index contributed by atoms with van der Waals surface area (Å²) in [5.74, 6) is -1.16. The molecule has 1 atom stereocenters. The highest BCUT2D eigenvalue weighted by molar-refractivity contribution is 5.95. The number of nitrogens with one attached hydrogen (secondary N) is 1. The lowest BCUT2D eigenvalue weighted by molar-refractivity contribution is -0.122. The lowest BCUT2D eigenvalue weighted by Crippen LogP contribution is -2.29. The van der Waals surface area contributed by atoms with E-state index in [4.69, 9.17) is 0 Å². The molecule has 0 aliphatic carbocycles. The van der Waals surface area contributed by atoms with Crippen molar-refractivity contribution in [2.45, 2.75) is 13.8 Å². The van der Waals surface area contributed by atoms with Crippen LogP contribution in [-0.2, 0) is 9.53 Å². The molecule has 0 aromatic heterocycles. The van der Waals surface area contributed by atoms with Gasteiger partial charge in [-0.2, -0.15) is 0 Å². The van der Waals surface area contributed by atoms with Crippen LogP contribution >= 0.6 is 0 Å². The summed E-state index contributed by atoms with van der Waals surface area (Å²) in [5.41, 5.74) is 0.873. The standard InChI is InChI=1S/C14H19NO4/c1-9(2)12(8-16)13(17)15-11-6-4-5-10(7-11)14(18)19-3/h4-7,9,12,16H,8H2,1-3H3,(H,15,17). The molecule has 0 aliphatic heterocycles. The van der Waals surface area contributed by atoms with Crippen molar-refractivity contribution in [1.29, 1.82) is 0 Å². The van der Waals surface area contributed by atoms with E-state index in [0.29, 0.717) is 11.3 Å². The molecule has 1 unspecified atom stereocenters. The molecular formula is C14H19NO4. The zero-order chi connectivity index (χ0) is 14.4. The van der Waals surface area contributed by atoms with E-state index in [1.165, 1.54) is 7.11 Å². The molecule has 1 amide bonds. The first-order valence-electron chi connectivity index (χ1n) is 6.09. The predicted octanol–water partition coefficient (Wildman–Crippen LogP) is 1.68. The molecule has 0 radical (unpaired) electrons. The van der Waals surface area contributed by atoms with Gasteiger partial charge in [0.05, 0.1) is 25.2 Å². The maximum Gasteiger partial charge on any atom is 0.337 e. The van der Waals surface area contributed by atoms with E-state index in [9.17, 15) is 14.7 Å². The normalized spacial score (nSPS) is 12.1. The Hall–Kier alpha value is -1.88. The van der Waals surface area contributed by atoms with E-state index >= 15 is 0 Å². The number of esters is 1. The van der Waals surface area contributed by atoms with Crippen molar-refractivity contribution in [2.24, 2.45) is 11.8 Å². The minimum Gasteiger partial charge on any atom is -0.465 e. The van der Waals surface area contributed by atoms with Crippen LogP contribution in [0, 0.1) is 11.8 Å². The fraction of sp³-hybridized carbons (Fsp3) is 0.429. The van der Waals surface area contributed by atoms with Gasteiger partial charge >= 0.3 is 5.97 Å². The number of aliphatic hydroxyl groups excluding tert-OH is 1. The summed E-state index contributed by atoms with van der Waals surface area (Å²) in [7, 11) is 1.30. The van der Waals surface area contributed by atoms with Gasteiger partial charge in [-0.3, -0.25) is 4.79 Å². The van der Waals surface area contributed by atoms with Crippen LogP contribution in [-0.4, -0.2) is 30.7 Å². The molecule has 0 saturated heterocycles. The van der Waals surface area contributed by atoms with E-state index in [2.05, 4.69) is 10.1 Å². The third-order valence-corrected chi connectivity index (χ3v) is 2.89. The number of benzene rings is 1. The molecule has 1 aromatic carbocycles. The van der Waals surface area contributed by atoms with Crippen molar-refractivity contribution in [3.05, 3.63) is 29.8 Å². The highest BCUT2D eigenvalue weighted by Gasteiger charge is 2.21. The molecule has 1 rings (SSSR count). The van der Waals surface area contributed by atoms with Crippen LogP contribution in [0.1, 0.15) is 24.2 Å². The third kappa shape index (κ3) is 4.06. The predicted molar refractivity (Wildman–Crippen MR) is 71.8 cm³/mol. The van der Waals surface area contributed by atoms with Crippen LogP contribution < -0.4 is 5.32 Å². The van der Waals surface area contributed by atoms with Crippen LogP contribution in [0.25, 0.3) is 0 Å². The Morgan fingerprint density at radius 2 is 2.05 bits per heavy atom. The summed E-state index contributed by atoms with van der Waals surface area (Å²) in [6, 6.07) is 6.48. The van der Waals surface area contributed by atoms with Crippen molar-refractivity contribution in [3.8, 4) is 0 Å². The molecule has 0 spiro atoms. The molecule has 5 nitrogen and oxygen atoms in total. The Morgan fingerprint density at radius 1 is 1.37 bits per heavy atom. The minimum atomic E-state index is -0.471. The van der Waals surface area contributed by atoms with Crippen LogP contribution in [0.2, 0.25) is 0 Å². The molecule has 0 saturated carbocycles. The lowest BCUT2D eigenvalue weighted by Gasteiger charge is -2.17. The molecule has 19 heavy (non-hydrogen) atoms. The van der Waals surface area contributed by atoms with Gasteiger partial charge in [-0.1, -0.05) is 19.9 Å². The SMILES string of the molecule is COC(=O)c1cccc(NC(=O)C(CO)C(C)C)c1. The Bertz CT molecular complexity index is 457. The first-order valence-corrected chi connectivity index (χ1v) is 6.09. The van der Waals surface area contributed by atoms with Crippen molar-refractivity contribution >= 4 is 17.6 Å². The van der Waals surface area contributed by atoms with Gasteiger partial charge in [0.15, 0.2) is 0 Å². The van der Waals surface area contributed by atoms with Crippen LogP contribution in [0.5, 0.6) is 0 Å². The van der Waals surface area contributed by atoms with Gasteiger partial charge in [0.25, 0.3) is 0 Å². The zero-order valence-corrected chi connectivity index (χ0v) is 11.3. The second-order valence-electron chi connectivity index (χ2n) is 4.59. The average Bonchev–Trinajstić information content (AvgIpc) is 2.38. The van der Waals surface area contributed by atoms with Crippen LogP contribution in [0.15, 0.2) is 24.3 Å². The number of ether oxygens (including phenoxy) is 1. The maximum absolute atomic E-state index is 11.9. The number of carbonyl (C=O) groups is 2. The van der Waals surface area contributed by atoms with Gasteiger partial charge in [-0.25, -0.2) is 4.79 Å². The average molecular weight is 265 g/mol. The van der Waals surface area contributed by atoms with Crippen LogP contribution in [0.4, 0.5) is 5.69 Å². The summed E-state index contributed by atoms with van der Waals surface area (Å²) < 4.78 is 4.61. The van der Waals surface area contributed by atoms with Crippen LogP contribution in [0.3, 0.4) is 0 Å². The van der Waals surface area contributed by atoms with E-state index in [1.54, 1.807) is 24.3 Å². The minimum absolute atomic E-state index is 0.0359. The van der Waals surface area contributed by atoms with Gasteiger partial charge in [-0.05, 0) is 24.1 Å². The number of rotatable bonds is 5. The molecular weight excluding hydrogens is 246 g/mol. The summed E-state index contributed by atoms with van der Waals surface area (Å²) >= 11 is 0. The maximum atomic E-state index is 11.9. The highest BCUT2D eigenvalue weighted by atomic mass is 16.5. The molecule has 0 heterocycles. The smallest absolute Gasteiger partial charge is 0.337 e. The fourth-order valence-corrected chi connectivity index (χ4v) is 1.67. The van der Waals surface area contributed by atoms with Crippen molar-refractivity contribution in [3.63, 3.8) is 0 Å². The first-order chi connectivity index (χ1) is 8.99. The lowest BCUT2D eigenvalue weighted by atomic mass is 9.96. The molecule has 104 valence electrons. The van der Waals surface area contributed by atoms with Gasteiger partial charge < -0.3 is 15.2 Å². The number of aliphatic hydroxyl groups is 1. The van der Waals surface area contributed by atoms with Gasteiger partial charge in [0.1, 0.15) is 0 Å². The second kappa shape index (κ2) is 6.89. The van der Waals surface area contributed by atoms with E-state index in [-0.39, 0.29) is 18.4 Å². The van der Waals surface area contributed by atoms with Gasteiger partial charge in [0.2, 0.25) is 5.91 Å². The second-order valence-corrected chi connectivity index (χ2v) is 4.59.